The molecular weight excluding hydrogens is 306 g/mol. The molecule has 0 saturated carbocycles. The van der Waals surface area contributed by atoms with E-state index in [-0.39, 0.29) is 5.97 Å². The van der Waals surface area contributed by atoms with Gasteiger partial charge >= 0.3 is 5.97 Å². The van der Waals surface area contributed by atoms with Crippen molar-refractivity contribution < 1.29 is 14.3 Å². The Morgan fingerprint density at radius 3 is 2.50 bits per heavy atom. The molecule has 6 heteroatoms. The van der Waals surface area contributed by atoms with Crippen LogP contribution in [0, 0.1) is 0 Å². The van der Waals surface area contributed by atoms with E-state index in [1.165, 1.54) is 12.7 Å². The van der Waals surface area contributed by atoms with E-state index < -0.39 is 0 Å². The molecule has 0 amide bonds. The number of nitrogens with zero attached hydrogens (tertiary/aromatic N) is 1. The number of hydrogen-bond acceptors (Lipinski definition) is 4. The number of methoxy groups -OCH3 is 2. The zero-order valence-electron chi connectivity index (χ0n) is 15.1. The number of carbonyl (C=O) groups excluding carboxylic acids is 1. The van der Waals surface area contributed by atoms with E-state index in [0.717, 1.165) is 24.7 Å². The molecule has 1 rings (SSSR count). The third-order valence-electron chi connectivity index (χ3n) is 3.71. The molecular formula is C18H29N3O3. The molecule has 0 saturated heterocycles. The molecule has 1 atom stereocenters. The van der Waals surface area contributed by atoms with Crippen LogP contribution in [0.4, 0.5) is 0 Å². The Kier molecular flexibility index (Phi) is 9.34. The highest BCUT2D eigenvalue weighted by molar-refractivity contribution is 5.80. The Morgan fingerprint density at radius 1 is 1.21 bits per heavy atom. The van der Waals surface area contributed by atoms with Crippen molar-refractivity contribution in [3.05, 3.63) is 29.8 Å². The lowest BCUT2D eigenvalue weighted by atomic mass is 9.98. The second-order valence-electron chi connectivity index (χ2n) is 5.48. The quantitative estimate of drug-likeness (QED) is 0.412. The van der Waals surface area contributed by atoms with Gasteiger partial charge in [0.05, 0.1) is 20.6 Å². The summed E-state index contributed by atoms with van der Waals surface area (Å²) in [5.41, 5.74) is 1.27. The maximum atomic E-state index is 11.1. The summed E-state index contributed by atoms with van der Waals surface area (Å²) in [4.78, 5) is 15.7. The Morgan fingerprint density at radius 2 is 1.92 bits per heavy atom. The van der Waals surface area contributed by atoms with Gasteiger partial charge in [-0.25, -0.2) is 0 Å². The number of benzene rings is 1. The lowest BCUT2D eigenvalue weighted by molar-refractivity contribution is -0.140. The van der Waals surface area contributed by atoms with Crippen molar-refractivity contribution in [1.29, 1.82) is 0 Å². The number of carbonyl (C=O) groups is 1. The molecule has 0 spiro atoms. The predicted molar refractivity (Wildman–Crippen MR) is 96.6 cm³/mol. The van der Waals surface area contributed by atoms with Gasteiger partial charge in [0, 0.05) is 19.6 Å². The normalized spacial score (nSPS) is 12.4. The van der Waals surface area contributed by atoms with Gasteiger partial charge in [-0.1, -0.05) is 19.1 Å². The van der Waals surface area contributed by atoms with Crippen LogP contribution >= 0.6 is 0 Å². The molecule has 24 heavy (non-hydrogen) atoms. The van der Waals surface area contributed by atoms with Gasteiger partial charge < -0.3 is 20.1 Å². The van der Waals surface area contributed by atoms with E-state index >= 15 is 0 Å². The molecule has 0 aromatic heterocycles. The van der Waals surface area contributed by atoms with Crippen LogP contribution in [0.1, 0.15) is 38.2 Å². The number of guanidine groups is 1. The first kappa shape index (κ1) is 19.8. The molecule has 6 nitrogen and oxygen atoms in total. The third-order valence-corrected chi connectivity index (χ3v) is 3.71. The summed E-state index contributed by atoms with van der Waals surface area (Å²) in [5.74, 6) is 1.78. The zero-order chi connectivity index (χ0) is 17.8. The highest BCUT2D eigenvalue weighted by Gasteiger charge is 2.06. The lowest BCUT2D eigenvalue weighted by Gasteiger charge is -2.13. The molecule has 0 aliphatic carbocycles. The highest BCUT2D eigenvalue weighted by Crippen LogP contribution is 2.21. The molecule has 134 valence electrons. The highest BCUT2D eigenvalue weighted by atomic mass is 16.5. The zero-order valence-corrected chi connectivity index (χ0v) is 15.1. The Bertz CT molecular complexity index is 515. The van der Waals surface area contributed by atoms with E-state index in [0.29, 0.717) is 25.4 Å². The topological polar surface area (TPSA) is 72.0 Å². The Labute approximate surface area is 144 Å². The van der Waals surface area contributed by atoms with Crippen LogP contribution in [-0.4, -0.2) is 45.8 Å². The largest absolute Gasteiger partial charge is 0.497 e. The van der Waals surface area contributed by atoms with Crippen molar-refractivity contribution in [3.63, 3.8) is 0 Å². The monoisotopic (exact) mass is 335 g/mol. The van der Waals surface area contributed by atoms with E-state index in [2.05, 4.69) is 39.4 Å². The van der Waals surface area contributed by atoms with Crippen LogP contribution in [0.25, 0.3) is 0 Å². The number of nitrogens with one attached hydrogen (secondary N) is 2. The van der Waals surface area contributed by atoms with Crippen molar-refractivity contribution in [3.8, 4) is 5.75 Å². The smallest absolute Gasteiger partial charge is 0.307 e. The summed E-state index contributed by atoms with van der Waals surface area (Å²) in [5, 5.41) is 6.31. The first-order valence-electron chi connectivity index (χ1n) is 8.33. The fourth-order valence-corrected chi connectivity index (χ4v) is 2.20. The van der Waals surface area contributed by atoms with E-state index in [1.807, 2.05) is 19.1 Å². The number of rotatable bonds is 9. The van der Waals surface area contributed by atoms with Crippen molar-refractivity contribution in [2.45, 2.75) is 32.6 Å². The summed E-state index contributed by atoms with van der Waals surface area (Å²) in [7, 11) is 3.06. The Balaban J connectivity index is 2.45. The molecule has 0 heterocycles. The molecule has 0 radical (unpaired) electrons. The number of aliphatic imine (C=N–C) groups is 1. The number of esters is 1. The van der Waals surface area contributed by atoms with Gasteiger partial charge in [0.15, 0.2) is 5.96 Å². The van der Waals surface area contributed by atoms with Crippen LogP contribution in [0.3, 0.4) is 0 Å². The fraction of sp³-hybridized carbons (Fsp3) is 0.556. The second kappa shape index (κ2) is 11.3. The summed E-state index contributed by atoms with van der Waals surface area (Å²) < 4.78 is 9.80. The Hall–Kier alpha value is -2.24. The summed E-state index contributed by atoms with van der Waals surface area (Å²) in [6, 6.07) is 8.14. The third kappa shape index (κ3) is 7.35. The average molecular weight is 335 g/mol. The standard InChI is InChI=1S/C18H29N3O3/c1-5-19-18(21-13-11-17(22)24-4)20-12-10-14(2)15-6-8-16(23-3)9-7-15/h6-9,14H,5,10-13H2,1-4H3,(H2,19,20,21). The van der Waals surface area contributed by atoms with E-state index in [9.17, 15) is 4.79 Å². The molecule has 0 fully saturated rings. The maximum Gasteiger partial charge on any atom is 0.307 e. The van der Waals surface area contributed by atoms with E-state index in [4.69, 9.17) is 4.74 Å². The molecule has 1 unspecified atom stereocenters. The van der Waals surface area contributed by atoms with E-state index in [1.54, 1.807) is 7.11 Å². The molecule has 0 bridgehead atoms. The van der Waals surface area contributed by atoms with Gasteiger partial charge in [-0.15, -0.1) is 0 Å². The molecule has 0 aliphatic rings. The number of ether oxygens (including phenoxy) is 2. The minimum Gasteiger partial charge on any atom is -0.497 e. The van der Waals surface area contributed by atoms with Crippen LogP contribution in [-0.2, 0) is 9.53 Å². The maximum absolute atomic E-state index is 11.1. The summed E-state index contributed by atoms with van der Waals surface area (Å²) in [6.45, 7) is 6.19. The predicted octanol–water partition coefficient (Wildman–Crippen LogP) is 2.31. The minimum atomic E-state index is -0.230. The van der Waals surface area contributed by atoms with Gasteiger partial charge in [-0.3, -0.25) is 9.79 Å². The summed E-state index contributed by atoms with van der Waals surface area (Å²) in [6.07, 6.45) is 1.27. The molecule has 1 aromatic carbocycles. The summed E-state index contributed by atoms with van der Waals surface area (Å²) >= 11 is 0. The van der Waals surface area contributed by atoms with Crippen LogP contribution in [0.5, 0.6) is 5.75 Å². The van der Waals surface area contributed by atoms with Gasteiger partial charge in [0.25, 0.3) is 0 Å². The molecule has 2 N–H and O–H groups in total. The van der Waals surface area contributed by atoms with Gasteiger partial charge in [-0.2, -0.15) is 0 Å². The van der Waals surface area contributed by atoms with Crippen LogP contribution < -0.4 is 15.4 Å². The van der Waals surface area contributed by atoms with Crippen molar-refractivity contribution >= 4 is 11.9 Å². The van der Waals surface area contributed by atoms with Crippen LogP contribution in [0.2, 0.25) is 0 Å². The van der Waals surface area contributed by atoms with Gasteiger partial charge in [0.2, 0.25) is 0 Å². The molecule has 0 aliphatic heterocycles. The van der Waals surface area contributed by atoms with Gasteiger partial charge in [0.1, 0.15) is 5.75 Å². The molecule has 1 aromatic rings. The number of hydrogen-bond donors (Lipinski definition) is 2. The van der Waals surface area contributed by atoms with Crippen molar-refractivity contribution in [1.82, 2.24) is 10.6 Å². The van der Waals surface area contributed by atoms with Crippen molar-refractivity contribution in [2.24, 2.45) is 4.99 Å². The first-order valence-corrected chi connectivity index (χ1v) is 8.33. The van der Waals surface area contributed by atoms with Crippen LogP contribution in [0.15, 0.2) is 29.3 Å². The second-order valence-corrected chi connectivity index (χ2v) is 5.48. The minimum absolute atomic E-state index is 0.230. The average Bonchev–Trinajstić information content (AvgIpc) is 2.61. The van der Waals surface area contributed by atoms with Crippen molar-refractivity contribution in [2.75, 3.05) is 33.9 Å². The lowest BCUT2D eigenvalue weighted by Crippen LogP contribution is -2.38. The SMILES string of the molecule is CCNC(=NCCC(C)c1ccc(OC)cc1)NCCC(=O)OC. The first-order chi connectivity index (χ1) is 11.6. The fourth-order valence-electron chi connectivity index (χ4n) is 2.20. The van der Waals surface area contributed by atoms with Gasteiger partial charge in [-0.05, 0) is 37.0 Å².